The second-order valence-electron chi connectivity index (χ2n) is 5.19. The van der Waals surface area contributed by atoms with Gasteiger partial charge < -0.3 is 5.73 Å². The molecule has 0 radical (unpaired) electrons. The average Bonchev–Trinajstić information content (AvgIpc) is 3.20. The van der Waals surface area contributed by atoms with Crippen molar-refractivity contribution in [2.45, 2.75) is 51.7 Å². The van der Waals surface area contributed by atoms with Gasteiger partial charge in [0.2, 0.25) is 0 Å². The Kier molecular flexibility index (Phi) is 5.22. The van der Waals surface area contributed by atoms with E-state index in [0.29, 0.717) is 6.54 Å². The highest BCUT2D eigenvalue weighted by atomic mass is 79.9. The summed E-state index contributed by atoms with van der Waals surface area (Å²) >= 11 is 3.67. The summed E-state index contributed by atoms with van der Waals surface area (Å²) < 4.78 is 1.20. The van der Waals surface area contributed by atoms with E-state index in [2.05, 4.69) is 46.0 Å². The lowest BCUT2D eigenvalue weighted by molar-refractivity contribution is 0.250. The van der Waals surface area contributed by atoms with E-state index in [1.165, 1.54) is 47.8 Å². The zero-order valence-electron chi connectivity index (χ0n) is 11.2. The molecule has 1 fully saturated rings. The molecule has 100 valence electrons. The first-order valence-corrected chi connectivity index (χ1v) is 7.75. The van der Waals surface area contributed by atoms with Gasteiger partial charge in [0, 0.05) is 23.6 Å². The van der Waals surface area contributed by atoms with Gasteiger partial charge in [0.05, 0.1) is 0 Å². The molecule has 1 aliphatic carbocycles. The van der Waals surface area contributed by atoms with Gasteiger partial charge in [0.1, 0.15) is 0 Å². The van der Waals surface area contributed by atoms with Crippen molar-refractivity contribution < 1.29 is 0 Å². The summed E-state index contributed by atoms with van der Waals surface area (Å²) in [6.45, 7) is 5.17. The quantitative estimate of drug-likeness (QED) is 0.832. The monoisotopic (exact) mass is 310 g/mol. The number of halogens is 1. The van der Waals surface area contributed by atoms with Crippen LogP contribution in [-0.4, -0.2) is 17.5 Å². The molecule has 0 atom stereocenters. The van der Waals surface area contributed by atoms with Gasteiger partial charge in [-0.2, -0.15) is 0 Å². The Morgan fingerprint density at radius 3 is 2.72 bits per heavy atom. The molecular formula is C15H23BrN2. The highest BCUT2D eigenvalue weighted by Crippen LogP contribution is 2.30. The van der Waals surface area contributed by atoms with Crippen LogP contribution in [0.5, 0.6) is 0 Å². The van der Waals surface area contributed by atoms with Crippen molar-refractivity contribution in [2.24, 2.45) is 5.73 Å². The fourth-order valence-corrected chi connectivity index (χ4v) is 2.81. The van der Waals surface area contributed by atoms with Crippen LogP contribution in [-0.2, 0) is 13.1 Å². The molecule has 0 bridgehead atoms. The van der Waals surface area contributed by atoms with Gasteiger partial charge in [-0.15, -0.1) is 0 Å². The molecule has 0 aromatic heterocycles. The number of hydrogen-bond donors (Lipinski definition) is 1. The summed E-state index contributed by atoms with van der Waals surface area (Å²) in [5, 5.41) is 0. The van der Waals surface area contributed by atoms with Gasteiger partial charge in [0.15, 0.2) is 0 Å². The summed E-state index contributed by atoms with van der Waals surface area (Å²) in [4.78, 5) is 2.63. The van der Waals surface area contributed by atoms with E-state index >= 15 is 0 Å². The minimum Gasteiger partial charge on any atom is -0.326 e. The third-order valence-corrected chi connectivity index (χ3v) is 4.33. The predicted molar refractivity (Wildman–Crippen MR) is 80.4 cm³/mol. The van der Waals surface area contributed by atoms with E-state index in [1.54, 1.807) is 0 Å². The highest BCUT2D eigenvalue weighted by molar-refractivity contribution is 9.10. The van der Waals surface area contributed by atoms with E-state index in [-0.39, 0.29) is 0 Å². The Bertz CT molecular complexity index is 388. The SMILES string of the molecule is CCCCN(Cc1ccc(CN)cc1Br)C1CC1. The lowest BCUT2D eigenvalue weighted by atomic mass is 10.1. The number of rotatable bonds is 7. The standard InChI is InChI=1S/C15H23BrN2/c1-2-3-8-18(14-6-7-14)11-13-5-4-12(10-17)9-15(13)16/h4-5,9,14H,2-3,6-8,10-11,17H2,1H3. The smallest absolute Gasteiger partial charge is 0.0247 e. The molecule has 0 heterocycles. The van der Waals surface area contributed by atoms with Gasteiger partial charge in [-0.3, -0.25) is 4.90 Å². The first kappa shape index (κ1) is 14.0. The summed E-state index contributed by atoms with van der Waals surface area (Å²) in [5.41, 5.74) is 8.24. The second-order valence-corrected chi connectivity index (χ2v) is 6.04. The lowest BCUT2D eigenvalue weighted by Crippen LogP contribution is -2.26. The second kappa shape index (κ2) is 6.69. The minimum absolute atomic E-state index is 0.612. The van der Waals surface area contributed by atoms with Crippen molar-refractivity contribution in [3.05, 3.63) is 33.8 Å². The molecule has 1 aromatic rings. The van der Waals surface area contributed by atoms with Crippen LogP contribution in [0.4, 0.5) is 0 Å². The maximum Gasteiger partial charge on any atom is 0.0247 e. The average molecular weight is 311 g/mol. The first-order chi connectivity index (χ1) is 8.74. The summed E-state index contributed by atoms with van der Waals surface area (Å²) in [6.07, 6.45) is 5.33. The number of nitrogens with zero attached hydrogens (tertiary/aromatic N) is 1. The van der Waals surface area contributed by atoms with Crippen molar-refractivity contribution in [1.82, 2.24) is 4.90 Å². The summed E-state index contributed by atoms with van der Waals surface area (Å²) in [6, 6.07) is 7.34. The van der Waals surface area contributed by atoms with Crippen LogP contribution < -0.4 is 5.73 Å². The molecule has 2 N–H and O–H groups in total. The number of unbranched alkanes of at least 4 members (excludes halogenated alkanes) is 1. The number of benzene rings is 1. The van der Waals surface area contributed by atoms with Crippen LogP contribution in [0.2, 0.25) is 0 Å². The van der Waals surface area contributed by atoms with E-state index < -0.39 is 0 Å². The van der Waals surface area contributed by atoms with Gasteiger partial charge in [-0.1, -0.05) is 41.4 Å². The first-order valence-electron chi connectivity index (χ1n) is 6.96. The topological polar surface area (TPSA) is 29.3 Å². The lowest BCUT2D eigenvalue weighted by Gasteiger charge is -2.22. The Labute approximate surface area is 119 Å². The van der Waals surface area contributed by atoms with Gasteiger partial charge in [-0.05, 0) is 43.0 Å². The van der Waals surface area contributed by atoms with E-state index in [4.69, 9.17) is 5.73 Å². The predicted octanol–water partition coefficient (Wildman–Crippen LogP) is 3.67. The summed E-state index contributed by atoms with van der Waals surface area (Å²) in [7, 11) is 0. The Balaban J connectivity index is 2.01. The third kappa shape index (κ3) is 3.81. The normalized spacial score (nSPS) is 15.3. The number of hydrogen-bond acceptors (Lipinski definition) is 2. The largest absolute Gasteiger partial charge is 0.326 e. The Hall–Kier alpha value is -0.380. The van der Waals surface area contributed by atoms with Crippen LogP contribution in [0.25, 0.3) is 0 Å². The van der Waals surface area contributed by atoms with Crippen molar-refractivity contribution in [1.29, 1.82) is 0 Å². The molecule has 0 amide bonds. The molecule has 0 unspecified atom stereocenters. The van der Waals surface area contributed by atoms with E-state index in [9.17, 15) is 0 Å². The van der Waals surface area contributed by atoms with E-state index in [0.717, 1.165) is 12.6 Å². The van der Waals surface area contributed by atoms with Gasteiger partial charge in [-0.25, -0.2) is 0 Å². The van der Waals surface area contributed by atoms with Crippen molar-refractivity contribution in [3.63, 3.8) is 0 Å². The molecule has 2 rings (SSSR count). The fraction of sp³-hybridized carbons (Fsp3) is 0.600. The third-order valence-electron chi connectivity index (χ3n) is 3.59. The highest BCUT2D eigenvalue weighted by Gasteiger charge is 2.28. The molecule has 1 aliphatic rings. The Morgan fingerprint density at radius 1 is 1.39 bits per heavy atom. The fourth-order valence-electron chi connectivity index (χ4n) is 2.26. The molecule has 3 heteroatoms. The summed E-state index contributed by atoms with van der Waals surface area (Å²) in [5.74, 6) is 0. The van der Waals surface area contributed by atoms with Crippen LogP contribution in [0.3, 0.4) is 0 Å². The van der Waals surface area contributed by atoms with Gasteiger partial charge >= 0.3 is 0 Å². The molecule has 2 nitrogen and oxygen atoms in total. The van der Waals surface area contributed by atoms with E-state index in [1.807, 2.05) is 0 Å². The molecular weight excluding hydrogens is 288 g/mol. The van der Waals surface area contributed by atoms with Crippen molar-refractivity contribution in [3.8, 4) is 0 Å². The molecule has 1 aromatic carbocycles. The molecule has 0 saturated heterocycles. The van der Waals surface area contributed by atoms with Crippen LogP contribution in [0, 0.1) is 0 Å². The molecule has 1 saturated carbocycles. The molecule has 0 aliphatic heterocycles. The van der Waals surface area contributed by atoms with Crippen LogP contribution in [0.15, 0.2) is 22.7 Å². The van der Waals surface area contributed by atoms with Crippen LogP contribution in [0.1, 0.15) is 43.7 Å². The molecule has 18 heavy (non-hydrogen) atoms. The van der Waals surface area contributed by atoms with Crippen molar-refractivity contribution >= 4 is 15.9 Å². The van der Waals surface area contributed by atoms with Crippen molar-refractivity contribution in [2.75, 3.05) is 6.54 Å². The number of nitrogens with two attached hydrogens (primary N) is 1. The van der Waals surface area contributed by atoms with Crippen LogP contribution >= 0.6 is 15.9 Å². The molecule has 0 spiro atoms. The zero-order chi connectivity index (χ0) is 13.0. The Morgan fingerprint density at radius 2 is 2.17 bits per heavy atom. The van der Waals surface area contributed by atoms with Gasteiger partial charge in [0.25, 0.3) is 0 Å². The zero-order valence-corrected chi connectivity index (χ0v) is 12.7. The maximum atomic E-state index is 5.66. The minimum atomic E-state index is 0.612. The maximum absolute atomic E-state index is 5.66.